The molecule has 0 radical (unpaired) electrons. The van der Waals surface area contributed by atoms with E-state index < -0.39 is 0 Å². The summed E-state index contributed by atoms with van der Waals surface area (Å²) in [6, 6.07) is 0.322. The Morgan fingerprint density at radius 3 is 2.90 bits per heavy atom. The molecule has 1 unspecified atom stereocenters. The molecule has 0 bridgehead atoms. The fourth-order valence-electron chi connectivity index (χ4n) is 2.05. The average molecular weight is 295 g/mol. The van der Waals surface area contributed by atoms with Crippen molar-refractivity contribution in [3.8, 4) is 0 Å². The second kappa shape index (κ2) is 6.47. The van der Waals surface area contributed by atoms with E-state index in [4.69, 9.17) is 4.74 Å². The van der Waals surface area contributed by atoms with Crippen LogP contribution in [-0.2, 0) is 11.3 Å². The molecule has 0 spiro atoms. The zero-order chi connectivity index (χ0) is 14.7. The highest BCUT2D eigenvalue weighted by Crippen LogP contribution is 2.25. The summed E-state index contributed by atoms with van der Waals surface area (Å²) in [7, 11) is 1.70. The molecule has 0 aliphatic carbocycles. The molecule has 6 heteroatoms. The van der Waals surface area contributed by atoms with Crippen molar-refractivity contribution >= 4 is 21.6 Å². The maximum atomic E-state index is 12.1. The summed E-state index contributed by atoms with van der Waals surface area (Å²) in [5.74, 6) is 0.688. The highest BCUT2D eigenvalue weighted by Gasteiger charge is 2.12. The van der Waals surface area contributed by atoms with Gasteiger partial charge in [0.25, 0.3) is 5.56 Å². The van der Waals surface area contributed by atoms with Crippen LogP contribution in [0.2, 0.25) is 0 Å². The van der Waals surface area contributed by atoms with Gasteiger partial charge in [-0.25, -0.2) is 4.98 Å². The molecule has 0 amide bonds. The third-order valence-corrected chi connectivity index (χ3v) is 4.56. The smallest absolute Gasteiger partial charge is 0.259 e. The number of aryl methyl sites for hydroxylation is 2. The van der Waals surface area contributed by atoms with Crippen LogP contribution in [0.3, 0.4) is 0 Å². The van der Waals surface area contributed by atoms with Crippen molar-refractivity contribution in [2.75, 3.05) is 13.7 Å². The Balaban J connectivity index is 2.14. The van der Waals surface area contributed by atoms with Crippen molar-refractivity contribution in [3.63, 3.8) is 0 Å². The lowest BCUT2D eigenvalue weighted by atomic mass is 10.2. The standard InChI is InChI=1S/C14H21N3O2S/c1-8(5-6-19-4)15-7-11-16-13(18)12-9(2)10(3)20-14(12)17-11/h8,15H,5-7H2,1-4H3,(H,16,17,18). The minimum absolute atomic E-state index is 0.0433. The number of methoxy groups -OCH3 is 1. The van der Waals surface area contributed by atoms with E-state index in [1.807, 2.05) is 13.8 Å². The normalized spacial score (nSPS) is 13.0. The van der Waals surface area contributed by atoms with Gasteiger partial charge in [0.15, 0.2) is 0 Å². The van der Waals surface area contributed by atoms with E-state index in [-0.39, 0.29) is 5.56 Å². The van der Waals surface area contributed by atoms with Crippen molar-refractivity contribution in [3.05, 3.63) is 26.6 Å². The van der Waals surface area contributed by atoms with Crippen LogP contribution >= 0.6 is 11.3 Å². The summed E-state index contributed by atoms with van der Waals surface area (Å²) in [4.78, 5) is 21.5. The first-order valence-electron chi connectivity index (χ1n) is 6.74. The van der Waals surface area contributed by atoms with Crippen LogP contribution in [0, 0.1) is 13.8 Å². The number of hydrogen-bond acceptors (Lipinski definition) is 5. The second-order valence-corrected chi connectivity index (χ2v) is 6.24. The number of rotatable bonds is 6. The summed E-state index contributed by atoms with van der Waals surface area (Å²) in [6.07, 6.45) is 0.931. The predicted octanol–water partition coefficient (Wildman–Crippen LogP) is 2.12. The maximum Gasteiger partial charge on any atom is 0.259 e. The van der Waals surface area contributed by atoms with Crippen molar-refractivity contribution in [1.82, 2.24) is 15.3 Å². The highest BCUT2D eigenvalue weighted by atomic mass is 32.1. The summed E-state index contributed by atoms with van der Waals surface area (Å²) >= 11 is 1.58. The molecule has 20 heavy (non-hydrogen) atoms. The van der Waals surface area contributed by atoms with Crippen molar-refractivity contribution in [2.24, 2.45) is 0 Å². The first-order chi connectivity index (χ1) is 9.52. The van der Waals surface area contributed by atoms with Gasteiger partial charge >= 0.3 is 0 Å². The quantitative estimate of drug-likeness (QED) is 0.856. The molecule has 0 saturated carbocycles. The molecule has 110 valence electrons. The van der Waals surface area contributed by atoms with Crippen LogP contribution in [0.15, 0.2) is 4.79 Å². The van der Waals surface area contributed by atoms with E-state index in [9.17, 15) is 4.79 Å². The van der Waals surface area contributed by atoms with Crippen LogP contribution in [0.25, 0.3) is 10.2 Å². The summed E-state index contributed by atoms with van der Waals surface area (Å²) < 4.78 is 5.05. The van der Waals surface area contributed by atoms with Crippen molar-refractivity contribution in [2.45, 2.75) is 39.8 Å². The lowest BCUT2D eigenvalue weighted by Gasteiger charge is -2.12. The zero-order valence-corrected chi connectivity index (χ0v) is 13.2. The van der Waals surface area contributed by atoms with Crippen LogP contribution in [0.4, 0.5) is 0 Å². The van der Waals surface area contributed by atoms with Crippen molar-refractivity contribution in [1.29, 1.82) is 0 Å². The molecule has 0 aliphatic rings. The SMILES string of the molecule is COCCC(C)NCc1nc2sc(C)c(C)c2c(=O)[nH]1. The number of fused-ring (bicyclic) bond motifs is 1. The highest BCUT2D eigenvalue weighted by molar-refractivity contribution is 7.18. The van der Waals surface area contributed by atoms with E-state index >= 15 is 0 Å². The van der Waals surface area contributed by atoms with Crippen LogP contribution < -0.4 is 10.9 Å². The predicted molar refractivity (Wildman–Crippen MR) is 82.5 cm³/mol. The van der Waals surface area contributed by atoms with Gasteiger partial charge in [-0.05, 0) is 32.8 Å². The molecule has 1 atom stereocenters. The first-order valence-corrected chi connectivity index (χ1v) is 7.55. The molecular formula is C14H21N3O2S. The Morgan fingerprint density at radius 1 is 1.45 bits per heavy atom. The fourth-order valence-corrected chi connectivity index (χ4v) is 3.10. The van der Waals surface area contributed by atoms with Crippen LogP contribution in [0.1, 0.15) is 29.6 Å². The number of H-pyrrole nitrogens is 1. The van der Waals surface area contributed by atoms with E-state index in [1.54, 1.807) is 18.4 Å². The van der Waals surface area contributed by atoms with E-state index in [2.05, 4.69) is 22.2 Å². The van der Waals surface area contributed by atoms with E-state index in [1.165, 1.54) is 0 Å². The second-order valence-electron chi connectivity index (χ2n) is 5.04. The molecule has 0 saturated heterocycles. The molecule has 2 aromatic heterocycles. The van der Waals surface area contributed by atoms with E-state index in [0.717, 1.165) is 33.7 Å². The molecule has 2 rings (SSSR count). The molecule has 5 nitrogen and oxygen atoms in total. The third kappa shape index (κ3) is 3.26. The number of nitrogens with one attached hydrogen (secondary N) is 2. The molecule has 0 fully saturated rings. The lowest BCUT2D eigenvalue weighted by molar-refractivity contribution is 0.184. The van der Waals surface area contributed by atoms with Crippen LogP contribution in [-0.4, -0.2) is 29.7 Å². The van der Waals surface area contributed by atoms with E-state index in [0.29, 0.717) is 18.4 Å². The summed E-state index contributed by atoms with van der Waals surface area (Å²) in [5, 5.41) is 4.06. The van der Waals surface area contributed by atoms with Gasteiger partial charge in [0.2, 0.25) is 0 Å². The molecule has 0 aromatic carbocycles. The minimum atomic E-state index is -0.0433. The maximum absolute atomic E-state index is 12.1. The number of thiophene rings is 1. The van der Waals surface area contributed by atoms with Gasteiger partial charge in [-0.1, -0.05) is 0 Å². The number of nitrogens with zero attached hydrogens (tertiary/aromatic N) is 1. The topological polar surface area (TPSA) is 67.0 Å². The third-order valence-electron chi connectivity index (χ3n) is 3.46. The summed E-state index contributed by atoms with van der Waals surface area (Å²) in [6.45, 7) is 7.36. The van der Waals surface area contributed by atoms with Crippen LogP contribution in [0.5, 0.6) is 0 Å². The number of aromatic amines is 1. The van der Waals surface area contributed by atoms with Gasteiger partial charge in [0, 0.05) is 24.6 Å². The Morgan fingerprint density at radius 2 is 2.20 bits per heavy atom. The summed E-state index contributed by atoms with van der Waals surface area (Å²) in [5.41, 5.74) is 0.991. The minimum Gasteiger partial charge on any atom is -0.385 e. The van der Waals surface area contributed by atoms with Gasteiger partial charge in [-0.3, -0.25) is 4.79 Å². The van der Waals surface area contributed by atoms with Gasteiger partial charge in [-0.15, -0.1) is 11.3 Å². The largest absolute Gasteiger partial charge is 0.385 e. The number of hydrogen-bond donors (Lipinski definition) is 2. The van der Waals surface area contributed by atoms with Crippen molar-refractivity contribution < 1.29 is 4.74 Å². The molecule has 2 N–H and O–H groups in total. The Kier molecular flexibility index (Phi) is 4.91. The number of ether oxygens (including phenoxy) is 1. The molecule has 2 aromatic rings. The lowest BCUT2D eigenvalue weighted by Crippen LogP contribution is -2.28. The fraction of sp³-hybridized carbons (Fsp3) is 0.571. The Bertz CT molecular complexity index is 648. The van der Waals surface area contributed by atoms with Gasteiger partial charge in [-0.2, -0.15) is 0 Å². The molecule has 0 aliphatic heterocycles. The molecule has 2 heterocycles. The van der Waals surface area contributed by atoms with Gasteiger partial charge < -0.3 is 15.0 Å². The zero-order valence-electron chi connectivity index (χ0n) is 12.4. The monoisotopic (exact) mass is 295 g/mol. The first kappa shape index (κ1) is 15.2. The average Bonchev–Trinajstić information content (AvgIpc) is 2.69. The molecular weight excluding hydrogens is 274 g/mol. The Labute approximate surface area is 122 Å². The van der Waals surface area contributed by atoms with Gasteiger partial charge in [0.05, 0.1) is 11.9 Å². The Hall–Kier alpha value is -1.24. The number of aromatic nitrogens is 2. The van der Waals surface area contributed by atoms with Gasteiger partial charge in [0.1, 0.15) is 10.7 Å².